The molecule has 53 heavy (non-hydrogen) atoms. The average molecular weight is 713 g/mol. The molecular formula is C41H41FN8O3. The summed E-state index contributed by atoms with van der Waals surface area (Å²) >= 11 is 0. The van der Waals surface area contributed by atoms with E-state index in [-0.39, 0.29) is 30.1 Å². The lowest BCUT2D eigenvalue weighted by molar-refractivity contribution is -0.0591. The Morgan fingerprint density at radius 3 is 2.85 bits per heavy atom. The van der Waals surface area contributed by atoms with Crippen LogP contribution in [-0.4, -0.2) is 63.1 Å². The van der Waals surface area contributed by atoms with Gasteiger partial charge in [0.05, 0.1) is 47.4 Å². The SMILES string of the molecule is C=N/C(=C\C=C/CC1=CCN(Cc2nc3ccc(NC(=O)c4cc(C)c5n[nH]c(C)c5c4)cc3n2CC2CCO2)CC1)OCc1ccc(C#N)cc1F. The molecule has 2 aromatic heterocycles. The maximum absolute atomic E-state index is 14.2. The second-order valence-electron chi connectivity index (χ2n) is 13.5. The molecule has 2 N–H and O–H groups in total. The number of aryl methyl sites for hydroxylation is 2. The lowest BCUT2D eigenvalue weighted by atomic mass is 10.0. The van der Waals surface area contributed by atoms with Gasteiger partial charge in [-0.05, 0) is 93.9 Å². The van der Waals surface area contributed by atoms with Gasteiger partial charge in [-0.3, -0.25) is 14.8 Å². The minimum atomic E-state index is -0.494. The van der Waals surface area contributed by atoms with Crippen molar-refractivity contribution in [3.63, 3.8) is 0 Å². The molecule has 0 radical (unpaired) electrons. The van der Waals surface area contributed by atoms with Crippen LogP contribution in [0, 0.1) is 31.0 Å². The number of imidazole rings is 1. The molecule has 1 fully saturated rings. The van der Waals surface area contributed by atoms with E-state index < -0.39 is 5.82 Å². The van der Waals surface area contributed by atoms with E-state index in [0.717, 1.165) is 78.0 Å². The summed E-state index contributed by atoms with van der Waals surface area (Å²) < 4.78 is 27.9. The Morgan fingerprint density at radius 1 is 1.25 bits per heavy atom. The summed E-state index contributed by atoms with van der Waals surface area (Å²) in [6.45, 7) is 11.3. The number of carbonyl (C=O) groups excluding carboxylic acids is 1. The number of anilines is 1. The number of hydrogen-bond donors (Lipinski definition) is 2. The van der Waals surface area contributed by atoms with Gasteiger partial charge >= 0.3 is 0 Å². The minimum absolute atomic E-state index is 0.0137. The van der Waals surface area contributed by atoms with Gasteiger partial charge in [-0.15, -0.1) is 0 Å². The molecule has 0 saturated carbocycles. The smallest absolute Gasteiger partial charge is 0.255 e. The summed E-state index contributed by atoms with van der Waals surface area (Å²) in [6, 6.07) is 15.8. The Bertz CT molecular complexity index is 2320. The highest BCUT2D eigenvalue weighted by Gasteiger charge is 2.24. The minimum Gasteiger partial charge on any atom is -0.473 e. The van der Waals surface area contributed by atoms with Crippen LogP contribution < -0.4 is 5.32 Å². The van der Waals surface area contributed by atoms with Crippen LogP contribution >= 0.6 is 0 Å². The maximum atomic E-state index is 14.2. The summed E-state index contributed by atoms with van der Waals surface area (Å²) in [5, 5.41) is 20.3. The van der Waals surface area contributed by atoms with Crippen LogP contribution in [0.3, 0.4) is 0 Å². The monoisotopic (exact) mass is 712 g/mol. The number of allylic oxidation sites excluding steroid dienone is 3. The molecule has 270 valence electrons. The highest BCUT2D eigenvalue weighted by atomic mass is 19.1. The third-order valence-electron chi connectivity index (χ3n) is 9.79. The number of amides is 1. The molecule has 5 aromatic rings. The lowest BCUT2D eigenvalue weighted by Crippen LogP contribution is -2.33. The Kier molecular flexibility index (Phi) is 10.6. The molecule has 2 aliphatic heterocycles. The molecule has 0 bridgehead atoms. The van der Waals surface area contributed by atoms with E-state index in [1.54, 1.807) is 12.1 Å². The molecule has 1 unspecified atom stereocenters. The number of nitriles is 1. The highest BCUT2D eigenvalue weighted by molar-refractivity contribution is 6.07. The molecule has 11 nitrogen and oxygen atoms in total. The van der Waals surface area contributed by atoms with Gasteiger partial charge in [0.25, 0.3) is 5.91 Å². The molecule has 1 atom stereocenters. The van der Waals surface area contributed by atoms with Crippen LogP contribution in [0.5, 0.6) is 0 Å². The van der Waals surface area contributed by atoms with Crippen LogP contribution in [0.1, 0.15) is 57.8 Å². The molecule has 7 rings (SSSR count). The predicted molar refractivity (Wildman–Crippen MR) is 203 cm³/mol. The molecular weight excluding hydrogens is 672 g/mol. The molecule has 0 spiro atoms. The highest BCUT2D eigenvalue weighted by Crippen LogP contribution is 2.27. The van der Waals surface area contributed by atoms with Crippen LogP contribution in [0.2, 0.25) is 0 Å². The molecule has 2 aliphatic rings. The first-order valence-electron chi connectivity index (χ1n) is 17.7. The number of ether oxygens (including phenoxy) is 2. The molecule has 3 aromatic carbocycles. The Balaban J connectivity index is 0.982. The van der Waals surface area contributed by atoms with Crippen LogP contribution in [0.4, 0.5) is 10.1 Å². The third-order valence-corrected chi connectivity index (χ3v) is 9.79. The number of carbonyl (C=O) groups is 1. The standard InChI is InChI=1S/C41H41FN8O3/c1-26-18-31(20-34-27(2)47-48-40(26)34)41(51)45-32-10-11-36-37(21-32)50(23-33-14-17-52-33)38(46-36)24-49-15-12-28(13-16-49)6-4-5-7-39(44-3)53-25-30-9-8-29(22-43)19-35(30)42/h4-5,7-12,18-21,33H,3,6,13-17,23-25H2,1-2H3,(H,45,51)(H,47,48)/b5-4-,39-7+. The lowest BCUT2D eigenvalue weighted by Gasteiger charge is -2.29. The van der Waals surface area contributed by atoms with E-state index >= 15 is 0 Å². The summed E-state index contributed by atoms with van der Waals surface area (Å²) in [4.78, 5) is 24.7. The van der Waals surface area contributed by atoms with Gasteiger partial charge in [0.15, 0.2) is 0 Å². The zero-order valence-electron chi connectivity index (χ0n) is 29.9. The van der Waals surface area contributed by atoms with Crippen LogP contribution in [0.25, 0.3) is 21.9 Å². The van der Waals surface area contributed by atoms with Gasteiger partial charge in [-0.1, -0.05) is 29.9 Å². The van der Waals surface area contributed by atoms with Crippen molar-refractivity contribution in [3.05, 3.63) is 124 Å². The zero-order chi connectivity index (χ0) is 36.9. The number of fused-ring (bicyclic) bond motifs is 2. The maximum Gasteiger partial charge on any atom is 0.255 e. The molecule has 1 saturated heterocycles. The largest absolute Gasteiger partial charge is 0.473 e. The van der Waals surface area contributed by atoms with Gasteiger partial charge in [-0.25, -0.2) is 14.4 Å². The van der Waals surface area contributed by atoms with Gasteiger partial charge < -0.3 is 19.4 Å². The number of aliphatic imine (C=N–C) groups is 1. The average Bonchev–Trinajstić information content (AvgIpc) is 3.69. The third kappa shape index (κ3) is 8.12. The second-order valence-corrected chi connectivity index (χ2v) is 13.5. The van der Waals surface area contributed by atoms with Gasteiger partial charge in [0.2, 0.25) is 5.88 Å². The molecule has 4 heterocycles. The first kappa shape index (κ1) is 35.5. The van der Waals surface area contributed by atoms with Gasteiger partial charge in [0.1, 0.15) is 18.2 Å². The fourth-order valence-corrected chi connectivity index (χ4v) is 6.64. The van der Waals surface area contributed by atoms with Crippen LogP contribution in [-0.2, 0) is 29.2 Å². The summed E-state index contributed by atoms with van der Waals surface area (Å²) in [5.74, 6) is 0.596. The van der Waals surface area contributed by atoms with E-state index in [1.165, 1.54) is 17.7 Å². The number of benzene rings is 3. The van der Waals surface area contributed by atoms with Crippen molar-refractivity contribution < 1.29 is 18.7 Å². The first-order chi connectivity index (χ1) is 25.8. The summed E-state index contributed by atoms with van der Waals surface area (Å²) in [6.07, 6.45) is 10.8. The second kappa shape index (κ2) is 15.8. The molecule has 1 amide bonds. The predicted octanol–water partition coefficient (Wildman–Crippen LogP) is 7.42. The van der Waals surface area contributed by atoms with Crippen molar-refractivity contribution in [2.24, 2.45) is 4.99 Å². The van der Waals surface area contributed by atoms with Crippen molar-refractivity contribution >= 4 is 40.2 Å². The van der Waals surface area contributed by atoms with Crippen molar-refractivity contribution in [2.75, 3.05) is 25.0 Å². The molecule has 12 heteroatoms. The topological polar surface area (TPSA) is 133 Å². The normalized spacial score (nSPS) is 16.5. The van der Waals surface area contributed by atoms with E-state index in [9.17, 15) is 9.18 Å². The fourth-order valence-electron chi connectivity index (χ4n) is 6.64. The summed E-state index contributed by atoms with van der Waals surface area (Å²) in [5.41, 5.74) is 7.84. The number of H-pyrrole nitrogens is 1. The number of nitrogens with zero attached hydrogens (tertiary/aromatic N) is 6. The number of rotatable bonds is 13. The Hall–Kier alpha value is -5.90. The van der Waals surface area contributed by atoms with Crippen molar-refractivity contribution in [3.8, 4) is 6.07 Å². The van der Waals surface area contributed by atoms with E-state index in [0.29, 0.717) is 29.9 Å². The van der Waals surface area contributed by atoms with E-state index in [4.69, 9.17) is 19.7 Å². The van der Waals surface area contributed by atoms with E-state index in [1.807, 2.05) is 62.4 Å². The number of aromatic nitrogens is 4. The number of halogens is 1. The Morgan fingerprint density at radius 2 is 2.11 bits per heavy atom. The van der Waals surface area contributed by atoms with Crippen LogP contribution in [0.15, 0.2) is 89.3 Å². The Labute approximate surface area is 307 Å². The zero-order valence-corrected chi connectivity index (χ0v) is 29.9. The summed E-state index contributed by atoms with van der Waals surface area (Å²) in [7, 11) is 0. The van der Waals surface area contributed by atoms with Crippen molar-refractivity contribution in [1.29, 1.82) is 5.26 Å². The quantitative estimate of drug-likeness (QED) is 0.0562. The van der Waals surface area contributed by atoms with Gasteiger partial charge in [-0.2, -0.15) is 10.4 Å². The van der Waals surface area contributed by atoms with Crippen molar-refractivity contribution in [1.82, 2.24) is 24.6 Å². The fraction of sp³-hybridized carbons (Fsp3) is 0.293. The van der Waals surface area contributed by atoms with Crippen molar-refractivity contribution in [2.45, 2.75) is 58.9 Å². The number of nitrogens with one attached hydrogen (secondary N) is 2. The van der Waals surface area contributed by atoms with E-state index in [2.05, 4.69) is 42.8 Å². The number of hydrogen-bond acceptors (Lipinski definition) is 8. The van der Waals surface area contributed by atoms with Gasteiger partial charge in [0, 0.05) is 47.6 Å². The number of aromatic amines is 1. The first-order valence-corrected chi connectivity index (χ1v) is 17.7. The molecule has 0 aliphatic carbocycles.